The minimum Gasteiger partial charge on any atom is -0.478 e. The largest absolute Gasteiger partial charge is 0.478 e. The maximum absolute atomic E-state index is 13.7. The molecule has 20 heavy (non-hydrogen) atoms. The van der Waals surface area contributed by atoms with E-state index in [1.807, 2.05) is 0 Å². The lowest BCUT2D eigenvalue weighted by molar-refractivity contribution is 0.0698. The Morgan fingerprint density at radius 2 is 2.00 bits per heavy atom. The first kappa shape index (κ1) is 13.9. The molecule has 0 heterocycles. The SMILES string of the molecule is CC(Nc1ccc(N)c(C(=O)O)c1)c1ccccc1F. The van der Waals surface area contributed by atoms with E-state index in [-0.39, 0.29) is 23.1 Å². The summed E-state index contributed by atoms with van der Waals surface area (Å²) in [5.74, 6) is -1.40. The van der Waals surface area contributed by atoms with Gasteiger partial charge in [0, 0.05) is 16.9 Å². The average molecular weight is 274 g/mol. The Labute approximate surface area is 116 Å². The average Bonchev–Trinajstić information content (AvgIpc) is 2.41. The van der Waals surface area contributed by atoms with E-state index < -0.39 is 5.97 Å². The van der Waals surface area contributed by atoms with E-state index in [9.17, 15) is 9.18 Å². The van der Waals surface area contributed by atoms with E-state index >= 15 is 0 Å². The molecule has 4 N–H and O–H groups in total. The molecule has 0 aliphatic heterocycles. The molecule has 0 aliphatic rings. The summed E-state index contributed by atoms with van der Waals surface area (Å²) < 4.78 is 13.7. The van der Waals surface area contributed by atoms with Crippen molar-refractivity contribution in [1.82, 2.24) is 0 Å². The van der Waals surface area contributed by atoms with Crippen molar-refractivity contribution in [3.05, 3.63) is 59.4 Å². The summed E-state index contributed by atoms with van der Waals surface area (Å²) in [4.78, 5) is 11.0. The fraction of sp³-hybridized carbons (Fsp3) is 0.133. The zero-order chi connectivity index (χ0) is 14.7. The first-order valence-electron chi connectivity index (χ1n) is 6.13. The van der Waals surface area contributed by atoms with Gasteiger partial charge < -0.3 is 16.2 Å². The van der Waals surface area contributed by atoms with Gasteiger partial charge in [-0.05, 0) is 31.2 Å². The molecule has 4 nitrogen and oxygen atoms in total. The Morgan fingerprint density at radius 3 is 2.65 bits per heavy atom. The number of halogens is 1. The third kappa shape index (κ3) is 2.88. The normalized spacial score (nSPS) is 11.9. The molecule has 104 valence electrons. The fourth-order valence-electron chi connectivity index (χ4n) is 1.99. The predicted octanol–water partition coefficient (Wildman–Crippen LogP) is 3.28. The van der Waals surface area contributed by atoms with Crippen molar-refractivity contribution in [2.45, 2.75) is 13.0 Å². The Balaban J connectivity index is 2.24. The highest BCUT2D eigenvalue weighted by atomic mass is 19.1. The van der Waals surface area contributed by atoms with Crippen LogP contribution in [-0.2, 0) is 0 Å². The number of rotatable bonds is 4. The molecule has 0 aliphatic carbocycles. The number of hydrogen-bond donors (Lipinski definition) is 3. The highest BCUT2D eigenvalue weighted by molar-refractivity contribution is 5.94. The standard InChI is InChI=1S/C15H15FN2O2/c1-9(11-4-2-3-5-13(11)16)18-10-6-7-14(17)12(8-10)15(19)20/h2-9,18H,17H2,1H3,(H,19,20). The Morgan fingerprint density at radius 1 is 1.30 bits per heavy atom. The lowest BCUT2D eigenvalue weighted by Gasteiger charge is -2.17. The molecule has 5 heteroatoms. The first-order valence-corrected chi connectivity index (χ1v) is 6.13. The number of anilines is 2. The lowest BCUT2D eigenvalue weighted by Crippen LogP contribution is -2.10. The molecule has 0 saturated carbocycles. The number of carboxylic acid groups (broad SMARTS) is 1. The van der Waals surface area contributed by atoms with Crippen LogP contribution in [0.1, 0.15) is 28.9 Å². The van der Waals surface area contributed by atoms with E-state index in [0.29, 0.717) is 11.3 Å². The second-order valence-electron chi connectivity index (χ2n) is 4.49. The second kappa shape index (κ2) is 5.61. The van der Waals surface area contributed by atoms with Crippen molar-refractivity contribution < 1.29 is 14.3 Å². The molecule has 1 unspecified atom stereocenters. The smallest absolute Gasteiger partial charge is 0.337 e. The van der Waals surface area contributed by atoms with Gasteiger partial charge in [0.2, 0.25) is 0 Å². The van der Waals surface area contributed by atoms with Gasteiger partial charge >= 0.3 is 5.97 Å². The first-order chi connectivity index (χ1) is 9.49. The molecule has 0 spiro atoms. The highest BCUT2D eigenvalue weighted by Crippen LogP contribution is 2.24. The molecule has 0 bridgehead atoms. The van der Waals surface area contributed by atoms with E-state index in [2.05, 4.69) is 5.32 Å². The van der Waals surface area contributed by atoms with Gasteiger partial charge in [0.15, 0.2) is 0 Å². The van der Waals surface area contributed by atoms with Crippen LogP contribution in [0.4, 0.5) is 15.8 Å². The van der Waals surface area contributed by atoms with Gasteiger partial charge in [-0.2, -0.15) is 0 Å². The zero-order valence-electron chi connectivity index (χ0n) is 10.9. The Bertz CT molecular complexity index is 644. The number of nitrogens with one attached hydrogen (secondary N) is 1. The molecule has 0 amide bonds. The van der Waals surface area contributed by atoms with Crippen molar-refractivity contribution in [2.75, 3.05) is 11.1 Å². The molecule has 0 saturated heterocycles. The van der Waals surface area contributed by atoms with Crippen LogP contribution in [0.3, 0.4) is 0 Å². The summed E-state index contributed by atoms with van der Waals surface area (Å²) in [6.45, 7) is 1.80. The van der Waals surface area contributed by atoms with Crippen LogP contribution >= 0.6 is 0 Å². The van der Waals surface area contributed by atoms with Gasteiger partial charge in [-0.3, -0.25) is 0 Å². The van der Waals surface area contributed by atoms with Gasteiger partial charge in [-0.1, -0.05) is 18.2 Å². The summed E-state index contributed by atoms with van der Waals surface area (Å²) in [5.41, 5.74) is 6.90. The van der Waals surface area contributed by atoms with Crippen molar-refractivity contribution in [3.8, 4) is 0 Å². The van der Waals surface area contributed by atoms with Gasteiger partial charge in [0.25, 0.3) is 0 Å². The molecule has 2 rings (SSSR count). The van der Waals surface area contributed by atoms with E-state index in [1.165, 1.54) is 18.2 Å². The minimum absolute atomic E-state index is 0.0238. The minimum atomic E-state index is -1.09. The van der Waals surface area contributed by atoms with E-state index in [0.717, 1.165) is 0 Å². The van der Waals surface area contributed by atoms with Crippen LogP contribution < -0.4 is 11.1 Å². The van der Waals surface area contributed by atoms with Crippen molar-refractivity contribution in [1.29, 1.82) is 0 Å². The fourth-order valence-corrected chi connectivity index (χ4v) is 1.99. The van der Waals surface area contributed by atoms with Gasteiger partial charge in [-0.25, -0.2) is 9.18 Å². The van der Waals surface area contributed by atoms with E-state index in [4.69, 9.17) is 10.8 Å². The molecule has 0 radical (unpaired) electrons. The summed E-state index contributed by atoms with van der Waals surface area (Å²) in [5, 5.41) is 12.1. The summed E-state index contributed by atoms with van der Waals surface area (Å²) in [7, 11) is 0. The predicted molar refractivity (Wildman–Crippen MR) is 76.3 cm³/mol. The quantitative estimate of drug-likeness (QED) is 0.748. The number of carboxylic acids is 1. The third-order valence-corrected chi connectivity index (χ3v) is 3.04. The van der Waals surface area contributed by atoms with Gasteiger partial charge in [-0.15, -0.1) is 0 Å². The van der Waals surface area contributed by atoms with E-state index in [1.54, 1.807) is 31.2 Å². The van der Waals surface area contributed by atoms with Crippen LogP contribution in [0.2, 0.25) is 0 Å². The molecule has 0 aromatic heterocycles. The van der Waals surface area contributed by atoms with Gasteiger partial charge in [0.05, 0.1) is 11.6 Å². The maximum Gasteiger partial charge on any atom is 0.337 e. The Kier molecular flexibility index (Phi) is 3.89. The number of benzene rings is 2. The van der Waals surface area contributed by atoms with Crippen LogP contribution in [0, 0.1) is 5.82 Å². The van der Waals surface area contributed by atoms with Crippen LogP contribution in [0.25, 0.3) is 0 Å². The van der Waals surface area contributed by atoms with Crippen LogP contribution in [-0.4, -0.2) is 11.1 Å². The monoisotopic (exact) mass is 274 g/mol. The summed E-state index contributed by atoms with van der Waals surface area (Å²) in [6, 6.07) is 10.8. The molecule has 2 aromatic rings. The summed E-state index contributed by atoms with van der Waals surface area (Å²) in [6.07, 6.45) is 0. The number of nitrogen functional groups attached to an aromatic ring is 1. The van der Waals surface area contributed by atoms with Crippen molar-refractivity contribution in [2.24, 2.45) is 0 Å². The zero-order valence-corrected chi connectivity index (χ0v) is 10.9. The molecule has 1 atom stereocenters. The number of carbonyl (C=O) groups is 1. The molecule has 0 fully saturated rings. The summed E-state index contributed by atoms with van der Waals surface area (Å²) >= 11 is 0. The molecular formula is C15H15FN2O2. The topological polar surface area (TPSA) is 75.3 Å². The third-order valence-electron chi connectivity index (χ3n) is 3.04. The van der Waals surface area contributed by atoms with Crippen molar-refractivity contribution >= 4 is 17.3 Å². The van der Waals surface area contributed by atoms with Crippen LogP contribution in [0.15, 0.2) is 42.5 Å². The van der Waals surface area contributed by atoms with Gasteiger partial charge in [0.1, 0.15) is 5.82 Å². The number of aromatic carboxylic acids is 1. The molecule has 2 aromatic carbocycles. The number of nitrogens with two attached hydrogens (primary N) is 1. The molecular weight excluding hydrogens is 259 g/mol. The highest BCUT2D eigenvalue weighted by Gasteiger charge is 2.12. The Hall–Kier alpha value is -2.56. The van der Waals surface area contributed by atoms with Crippen LogP contribution in [0.5, 0.6) is 0 Å². The lowest BCUT2D eigenvalue weighted by atomic mass is 10.1. The van der Waals surface area contributed by atoms with Crippen molar-refractivity contribution in [3.63, 3.8) is 0 Å². The number of hydrogen-bond acceptors (Lipinski definition) is 3. The second-order valence-corrected chi connectivity index (χ2v) is 4.49. The maximum atomic E-state index is 13.7.